The Morgan fingerprint density at radius 3 is 2.64 bits per heavy atom. The molecule has 2 amide bonds. The molecule has 1 saturated carbocycles. The van der Waals surface area contributed by atoms with Gasteiger partial charge in [-0.25, -0.2) is 5.43 Å². The molecule has 22 heavy (non-hydrogen) atoms. The number of nitrogens with zero attached hydrogens (tertiary/aromatic N) is 1. The van der Waals surface area contributed by atoms with E-state index in [0.717, 1.165) is 31.2 Å². The Kier molecular flexibility index (Phi) is 5.94. The summed E-state index contributed by atoms with van der Waals surface area (Å²) in [5.41, 5.74) is 2.96. The fourth-order valence-electron chi connectivity index (χ4n) is 2.48. The quantitative estimate of drug-likeness (QED) is 0.503. The first-order chi connectivity index (χ1) is 10.7. The van der Waals surface area contributed by atoms with Gasteiger partial charge in [0.1, 0.15) is 5.75 Å². The standard InChI is InChI=1S/C16H21N3O3/c1-22-14-10-6-5-7-12(14)11-17-19-16(21)15(20)18-13-8-3-2-4-9-13/h5-7,10-11,13H,2-4,8-9H2,1H3,(H,18,20)(H,19,21)/b17-11-. The zero-order chi connectivity index (χ0) is 15.8. The summed E-state index contributed by atoms with van der Waals surface area (Å²) in [4.78, 5) is 23.4. The Balaban J connectivity index is 1.83. The van der Waals surface area contributed by atoms with E-state index in [2.05, 4.69) is 15.8 Å². The van der Waals surface area contributed by atoms with Crippen LogP contribution in [-0.4, -0.2) is 31.2 Å². The second-order valence-corrected chi connectivity index (χ2v) is 5.25. The van der Waals surface area contributed by atoms with Gasteiger partial charge in [0.25, 0.3) is 0 Å². The highest BCUT2D eigenvalue weighted by molar-refractivity contribution is 6.35. The predicted molar refractivity (Wildman–Crippen MR) is 83.7 cm³/mol. The largest absolute Gasteiger partial charge is 0.496 e. The molecule has 1 fully saturated rings. The second kappa shape index (κ2) is 8.17. The maximum Gasteiger partial charge on any atom is 0.329 e. The van der Waals surface area contributed by atoms with E-state index in [0.29, 0.717) is 5.75 Å². The number of hydrogen-bond acceptors (Lipinski definition) is 4. The van der Waals surface area contributed by atoms with Crippen molar-refractivity contribution in [1.82, 2.24) is 10.7 Å². The van der Waals surface area contributed by atoms with Crippen molar-refractivity contribution >= 4 is 18.0 Å². The van der Waals surface area contributed by atoms with Gasteiger partial charge < -0.3 is 10.1 Å². The lowest BCUT2D eigenvalue weighted by atomic mass is 9.95. The molecule has 0 radical (unpaired) electrons. The molecule has 0 heterocycles. The van der Waals surface area contributed by atoms with Gasteiger partial charge in [0.05, 0.1) is 13.3 Å². The van der Waals surface area contributed by atoms with Crippen molar-refractivity contribution in [3.05, 3.63) is 29.8 Å². The van der Waals surface area contributed by atoms with Crippen molar-refractivity contribution in [1.29, 1.82) is 0 Å². The molecule has 1 aromatic carbocycles. The predicted octanol–water partition coefficient (Wildman–Crippen LogP) is 1.59. The molecule has 118 valence electrons. The molecule has 2 N–H and O–H groups in total. The van der Waals surface area contributed by atoms with Crippen LogP contribution in [0.3, 0.4) is 0 Å². The van der Waals surface area contributed by atoms with E-state index in [4.69, 9.17) is 4.74 Å². The summed E-state index contributed by atoms with van der Waals surface area (Å²) in [6, 6.07) is 7.37. The lowest BCUT2D eigenvalue weighted by molar-refractivity contribution is -0.139. The third-order valence-electron chi connectivity index (χ3n) is 3.66. The van der Waals surface area contributed by atoms with E-state index in [9.17, 15) is 9.59 Å². The van der Waals surface area contributed by atoms with Crippen LogP contribution in [0.4, 0.5) is 0 Å². The van der Waals surface area contributed by atoms with E-state index in [-0.39, 0.29) is 6.04 Å². The summed E-state index contributed by atoms with van der Waals surface area (Å²) >= 11 is 0. The number of rotatable bonds is 4. The summed E-state index contributed by atoms with van der Waals surface area (Å²) in [6.07, 6.45) is 6.70. The zero-order valence-electron chi connectivity index (χ0n) is 12.7. The van der Waals surface area contributed by atoms with Crippen molar-refractivity contribution in [2.24, 2.45) is 5.10 Å². The summed E-state index contributed by atoms with van der Waals surface area (Å²) in [5, 5.41) is 6.54. The van der Waals surface area contributed by atoms with Crippen LogP contribution in [0.5, 0.6) is 5.75 Å². The number of carbonyl (C=O) groups excluding carboxylic acids is 2. The highest BCUT2D eigenvalue weighted by Gasteiger charge is 2.19. The van der Waals surface area contributed by atoms with Crippen LogP contribution >= 0.6 is 0 Å². The molecule has 0 atom stereocenters. The van der Waals surface area contributed by atoms with Crippen LogP contribution in [-0.2, 0) is 9.59 Å². The number of hydrazone groups is 1. The van der Waals surface area contributed by atoms with Crippen LogP contribution in [0, 0.1) is 0 Å². The number of benzene rings is 1. The molecule has 6 heteroatoms. The average molecular weight is 303 g/mol. The molecule has 0 unspecified atom stereocenters. The fourth-order valence-corrected chi connectivity index (χ4v) is 2.48. The van der Waals surface area contributed by atoms with Crippen molar-refractivity contribution in [3.63, 3.8) is 0 Å². The summed E-state index contributed by atoms with van der Waals surface area (Å²) in [6.45, 7) is 0. The number of methoxy groups -OCH3 is 1. The smallest absolute Gasteiger partial charge is 0.329 e. The number of para-hydroxylation sites is 1. The van der Waals surface area contributed by atoms with Gasteiger partial charge in [-0.1, -0.05) is 31.4 Å². The molecule has 0 saturated heterocycles. The molecule has 0 aliphatic heterocycles. The van der Waals surface area contributed by atoms with Crippen LogP contribution in [0.1, 0.15) is 37.7 Å². The van der Waals surface area contributed by atoms with Gasteiger partial charge in [0, 0.05) is 11.6 Å². The Morgan fingerprint density at radius 2 is 1.91 bits per heavy atom. The van der Waals surface area contributed by atoms with Gasteiger partial charge >= 0.3 is 11.8 Å². The minimum absolute atomic E-state index is 0.102. The van der Waals surface area contributed by atoms with Gasteiger partial charge in [-0.05, 0) is 25.0 Å². The van der Waals surface area contributed by atoms with Gasteiger partial charge in [-0.2, -0.15) is 5.10 Å². The second-order valence-electron chi connectivity index (χ2n) is 5.25. The van der Waals surface area contributed by atoms with Crippen LogP contribution in [0.2, 0.25) is 0 Å². The minimum atomic E-state index is -0.753. The molecule has 2 rings (SSSR count). The maximum absolute atomic E-state index is 11.8. The Bertz CT molecular complexity index is 551. The van der Waals surface area contributed by atoms with E-state index in [1.165, 1.54) is 12.6 Å². The third kappa shape index (κ3) is 4.58. The van der Waals surface area contributed by atoms with Crippen molar-refractivity contribution in [2.45, 2.75) is 38.1 Å². The zero-order valence-corrected chi connectivity index (χ0v) is 12.7. The number of amides is 2. The number of hydrogen-bond donors (Lipinski definition) is 2. The normalized spacial score (nSPS) is 15.5. The lowest BCUT2D eigenvalue weighted by Crippen LogP contribution is -2.44. The first-order valence-corrected chi connectivity index (χ1v) is 7.47. The maximum atomic E-state index is 11.8. The summed E-state index contributed by atoms with van der Waals surface area (Å²) in [5.74, 6) is -0.743. The molecular weight excluding hydrogens is 282 g/mol. The van der Waals surface area contributed by atoms with Gasteiger partial charge in [0.15, 0.2) is 0 Å². The third-order valence-corrected chi connectivity index (χ3v) is 3.66. The van der Waals surface area contributed by atoms with Gasteiger partial charge in [0.2, 0.25) is 0 Å². The molecule has 6 nitrogen and oxygen atoms in total. The number of nitrogens with one attached hydrogen (secondary N) is 2. The molecular formula is C16H21N3O3. The monoisotopic (exact) mass is 303 g/mol. The average Bonchev–Trinajstić information content (AvgIpc) is 2.56. The van der Waals surface area contributed by atoms with E-state index >= 15 is 0 Å². The Morgan fingerprint density at radius 1 is 1.18 bits per heavy atom. The summed E-state index contributed by atoms with van der Waals surface area (Å²) in [7, 11) is 1.56. The van der Waals surface area contributed by atoms with Crippen LogP contribution < -0.4 is 15.5 Å². The highest BCUT2D eigenvalue weighted by Crippen LogP contribution is 2.17. The minimum Gasteiger partial charge on any atom is -0.496 e. The molecule has 1 aliphatic carbocycles. The van der Waals surface area contributed by atoms with Crippen molar-refractivity contribution < 1.29 is 14.3 Å². The lowest BCUT2D eigenvalue weighted by Gasteiger charge is -2.22. The molecule has 1 aliphatic rings. The molecule has 1 aromatic rings. The molecule has 0 aromatic heterocycles. The number of ether oxygens (including phenoxy) is 1. The summed E-state index contributed by atoms with van der Waals surface area (Å²) < 4.78 is 5.17. The Hall–Kier alpha value is -2.37. The van der Waals surface area contributed by atoms with E-state index < -0.39 is 11.8 Å². The van der Waals surface area contributed by atoms with Crippen LogP contribution in [0.15, 0.2) is 29.4 Å². The van der Waals surface area contributed by atoms with E-state index in [1.54, 1.807) is 19.2 Å². The molecule has 0 bridgehead atoms. The fraction of sp³-hybridized carbons (Fsp3) is 0.438. The first-order valence-electron chi connectivity index (χ1n) is 7.47. The SMILES string of the molecule is COc1ccccc1/C=N\NC(=O)C(=O)NC1CCCCC1. The van der Waals surface area contributed by atoms with Crippen LogP contribution in [0.25, 0.3) is 0 Å². The number of carbonyl (C=O) groups is 2. The van der Waals surface area contributed by atoms with E-state index in [1.807, 2.05) is 12.1 Å². The first kappa shape index (κ1) is 16.0. The van der Waals surface area contributed by atoms with Crippen molar-refractivity contribution in [3.8, 4) is 5.75 Å². The Labute approximate surface area is 129 Å². The topological polar surface area (TPSA) is 79.8 Å². The highest BCUT2D eigenvalue weighted by atomic mass is 16.5. The van der Waals surface area contributed by atoms with Gasteiger partial charge in [-0.3, -0.25) is 9.59 Å². The molecule has 0 spiro atoms. The van der Waals surface area contributed by atoms with Crippen molar-refractivity contribution in [2.75, 3.05) is 7.11 Å². The van der Waals surface area contributed by atoms with Gasteiger partial charge in [-0.15, -0.1) is 0 Å².